The average Bonchev–Trinajstić information content (AvgIpc) is 2.83. The first-order valence-electron chi connectivity index (χ1n) is 5.38. The summed E-state index contributed by atoms with van der Waals surface area (Å²) in [5.74, 6) is -0.999. The van der Waals surface area contributed by atoms with Crippen LogP contribution in [-0.2, 0) is 0 Å². The predicted octanol–water partition coefficient (Wildman–Crippen LogP) is 2.12. The summed E-state index contributed by atoms with van der Waals surface area (Å²) in [6.45, 7) is 0. The Labute approximate surface area is 102 Å². The number of aromatic nitrogens is 3. The van der Waals surface area contributed by atoms with Crippen molar-refractivity contribution in [2.24, 2.45) is 0 Å². The lowest BCUT2D eigenvalue weighted by Gasteiger charge is -2.02. The van der Waals surface area contributed by atoms with Gasteiger partial charge in [0.25, 0.3) is 0 Å². The van der Waals surface area contributed by atoms with Gasteiger partial charge in [-0.2, -0.15) is 5.10 Å². The molecule has 0 saturated carbocycles. The van der Waals surface area contributed by atoms with Crippen LogP contribution in [0.25, 0.3) is 16.6 Å². The Hall–Kier alpha value is -2.69. The van der Waals surface area contributed by atoms with Gasteiger partial charge in [-0.1, -0.05) is 18.2 Å². The van der Waals surface area contributed by atoms with Gasteiger partial charge in [0.15, 0.2) is 0 Å². The van der Waals surface area contributed by atoms with Crippen molar-refractivity contribution in [3.63, 3.8) is 0 Å². The zero-order chi connectivity index (χ0) is 12.5. The number of hydrogen-bond acceptors (Lipinski definition) is 3. The zero-order valence-electron chi connectivity index (χ0n) is 9.32. The number of rotatable bonds is 2. The molecule has 0 radical (unpaired) electrons. The maximum Gasteiger partial charge on any atom is 0.338 e. The molecule has 0 fully saturated rings. The minimum atomic E-state index is -0.999. The Balaban J connectivity index is 2.28. The van der Waals surface area contributed by atoms with E-state index in [0.717, 1.165) is 5.69 Å². The maximum atomic E-state index is 11.1. The van der Waals surface area contributed by atoms with Gasteiger partial charge in [0, 0.05) is 11.6 Å². The van der Waals surface area contributed by atoms with E-state index in [-0.39, 0.29) is 5.56 Å². The molecule has 2 heterocycles. The highest BCUT2D eigenvalue weighted by Crippen LogP contribution is 2.20. The third kappa shape index (κ3) is 1.53. The van der Waals surface area contributed by atoms with Crippen LogP contribution in [0, 0.1) is 0 Å². The number of hydrogen-bond donors (Lipinski definition) is 1. The number of pyridine rings is 1. The molecule has 0 amide bonds. The van der Waals surface area contributed by atoms with Crippen molar-refractivity contribution in [1.29, 1.82) is 0 Å². The molecule has 0 saturated heterocycles. The number of para-hydroxylation sites is 1. The smallest absolute Gasteiger partial charge is 0.338 e. The van der Waals surface area contributed by atoms with Crippen molar-refractivity contribution in [2.45, 2.75) is 0 Å². The monoisotopic (exact) mass is 239 g/mol. The third-order valence-corrected chi connectivity index (χ3v) is 2.73. The second-order valence-corrected chi connectivity index (χ2v) is 3.82. The molecule has 0 aliphatic heterocycles. The van der Waals surface area contributed by atoms with E-state index in [0.29, 0.717) is 10.9 Å². The minimum absolute atomic E-state index is 0.162. The first-order chi connectivity index (χ1) is 8.77. The van der Waals surface area contributed by atoms with Crippen molar-refractivity contribution in [3.8, 4) is 5.69 Å². The number of aromatic carboxylic acids is 1. The van der Waals surface area contributed by atoms with Crippen LogP contribution in [0.1, 0.15) is 10.4 Å². The highest BCUT2D eigenvalue weighted by Gasteiger charge is 2.13. The van der Waals surface area contributed by atoms with Crippen LogP contribution in [0.2, 0.25) is 0 Å². The standard InChI is InChI=1S/C13H9N3O2/c17-13(18)11-6-14-8-12-10(11)7-15-16(12)9-4-2-1-3-5-9/h1-8H,(H,17,18). The van der Waals surface area contributed by atoms with Gasteiger partial charge in [0.2, 0.25) is 0 Å². The summed E-state index contributed by atoms with van der Waals surface area (Å²) < 4.78 is 1.68. The van der Waals surface area contributed by atoms with E-state index in [1.165, 1.54) is 6.20 Å². The molecular weight excluding hydrogens is 230 g/mol. The van der Waals surface area contributed by atoms with Gasteiger partial charge in [0.05, 0.1) is 29.2 Å². The largest absolute Gasteiger partial charge is 0.478 e. The molecule has 3 aromatic rings. The minimum Gasteiger partial charge on any atom is -0.478 e. The zero-order valence-corrected chi connectivity index (χ0v) is 9.32. The highest BCUT2D eigenvalue weighted by molar-refractivity contribution is 6.02. The lowest BCUT2D eigenvalue weighted by atomic mass is 10.2. The lowest BCUT2D eigenvalue weighted by Crippen LogP contribution is -1.99. The van der Waals surface area contributed by atoms with Crippen LogP contribution in [0.15, 0.2) is 48.9 Å². The molecule has 0 aliphatic carbocycles. The van der Waals surface area contributed by atoms with Gasteiger partial charge < -0.3 is 5.11 Å². The summed E-state index contributed by atoms with van der Waals surface area (Å²) in [5.41, 5.74) is 1.72. The number of carboxylic acids is 1. The predicted molar refractivity (Wildman–Crippen MR) is 65.8 cm³/mol. The summed E-state index contributed by atoms with van der Waals surface area (Å²) in [5, 5.41) is 13.9. The van der Waals surface area contributed by atoms with Crippen molar-refractivity contribution in [2.75, 3.05) is 0 Å². The Morgan fingerprint density at radius 1 is 1.11 bits per heavy atom. The first-order valence-corrected chi connectivity index (χ1v) is 5.38. The van der Waals surface area contributed by atoms with Crippen LogP contribution in [-0.4, -0.2) is 25.8 Å². The molecule has 0 atom stereocenters. The van der Waals surface area contributed by atoms with E-state index in [9.17, 15) is 4.79 Å². The summed E-state index contributed by atoms with van der Waals surface area (Å²) in [7, 11) is 0. The molecule has 2 aromatic heterocycles. The number of fused-ring (bicyclic) bond motifs is 1. The quantitative estimate of drug-likeness (QED) is 0.743. The van der Waals surface area contributed by atoms with Crippen LogP contribution < -0.4 is 0 Å². The summed E-state index contributed by atoms with van der Waals surface area (Å²) in [6, 6.07) is 9.52. The Morgan fingerprint density at radius 3 is 2.61 bits per heavy atom. The van der Waals surface area contributed by atoms with Gasteiger partial charge in [0.1, 0.15) is 0 Å². The van der Waals surface area contributed by atoms with Crippen LogP contribution in [0.3, 0.4) is 0 Å². The van der Waals surface area contributed by atoms with Crippen molar-refractivity contribution < 1.29 is 9.90 Å². The van der Waals surface area contributed by atoms with E-state index >= 15 is 0 Å². The van der Waals surface area contributed by atoms with Gasteiger partial charge in [-0.25, -0.2) is 9.48 Å². The van der Waals surface area contributed by atoms with Gasteiger partial charge in [-0.15, -0.1) is 0 Å². The molecular formula is C13H9N3O2. The molecule has 5 heteroatoms. The normalized spacial score (nSPS) is 10.7. The Kier molecular flexibility index (Phi) is 2.30. The molecule has 0 spiro atoms. The highest BCUT2D eigenvalue weighted by atomic mass is 16.4. The number of nitrogens with zero attached hydrogens (tertiary/aromatic N) is 3. The van der Waals surface area contributed by atoms with E-state index in [1.54, 1.807) is 17.1 Å². The molecule has 88 valence electrons. The molecule has 0 unspecified atom stereocenters. The molecule has 0 bridgehead atoms. The van der Waals surface area contributed by atoms with E-state index in [1.807, 2.05) is 30.3 Å². The second kappa shape index (κ2) is 3.96. The van der Waals surface area contributed by atoms with Crippen molar-refractivity contribution >= 4 is 16.9 Å². The van der Waals surface area contributed by atoms with E-state index in [4.69, 9.17) is 5.11 Å². The van der Waals surface area contributed by atoms with Gasteiger partial charge in [-0.05, 0) is 12.1 Å². The van der Waals surface area contributed by atoms with Crippen LogP contribution in [0.5, 0.6) is 0 Å². The first kappa shape index (κ1) is 10.5. The second-order valence-electron chi connectivity index (χ2n) is 3.82. The molecule has 3 rings (SSSR count). The van der Waals surface area contributed by atoms with E-state index in [2.05, 4.69) is 10.1 Å². The topological polar surface area (TPSA) is 68.0 Å². The molecule has 0 aliphatic rings. The average molecular weight is 239 g/mol. The number of carboxylic acid groups (broad SMARTS) is 1. The van der Waals surface area contributed by atoms with Crippen molar-refractivity contribution in [3.05, 3.63) is 54.5 Å². The third-order valence-electron chi connectivity index (χ3n) is 2.73. The molecule has 1 N–H and O–H groups in total. The fourth-order valence-corrected chi connectivity index (χ4v) is 1.89. The summed E-state index contributed by atoms with van der Waals surface area (Å²) >= 11 is 0. The number of benzene rings is 1. The molecule has 18 heavy (non-hydrogen) atoms. The van der Waals surface area contributed by atoms with Crippen LogP contribution >= 0.6 is 0 Å². The maximum absolute atomic E-state index is 11.1. The van der Waals surface area contributed by atoms with Gasteiger partial charge >= 0.3 is 5.97 Å². The Bertz CT molecular complexity index is 719. The summed E-state index contributed by atoms with van der Waals surface area (Å²) in [6.07, 6.45) is 4.50. The SMILES string of the molecule is O=C(O)c1cncc2c1cnn2-c1ccccc1. The van der Waals surface area contributed by atoms with E-state index < -0.39 is 5.97 Å². The number of carbonyl (C=O) groups is 1. The Morgan fingerprint density at radius 2 is 1.89 bits per heavy atom. The summed E-state index contributed by atoms with van der Waals surface area (Å²) in [4.78, 5) is 15.0. The molecule has 1 aromatic carbocycles. The van der Waals surface area contributed by atoms with Crippen LogP contribution in [0.4, 0.5) is 0 Å². The molecule has 5 nitrogen and oxygen atoms in total. The fourth-order valence-electron chi connectivity index (χ4n) is 1.89. The van der Waals surface area contributed by atoms with Gasteiger partial charge in [-0.3, -0.25) is 4.98 Å². The fraction of sp³-hybridized carbons (Fsp3) is 0. The van der Waals surface area contributed by atoms with Crippen molar-refractivity contribution in [1.82, 2.24) is 14.8 Å². The lowest BCUT2D eigenvalue weighted by molar-refractivity contribution is 0.0698.